The molecule has 0 aromatic rings. The Kier molecular flexibility index (Phi) is 4.94. The van der Waals surface area contributed by atoms with Gasteiger partial charge >= 0.3 is 0 Å². The largest absolute Gasteiger partial charge is 0.394 e. The highest BCUT2D eigenvalue weighted by Gasteiger charge is 2.33. The van der Waals surface area contributed by atoms with E-state index in [2.05, 4.69) is 5.32 Å². The van der Waals surface area contributed by atoms with E-state index in [1.165, 1.54) is 0 Å². The van der Waals surface area contributed by atoms with Crippen LogP contribution in [0.1, 0.15) is 19.3 Å². The number of aliphatic hydroxyl groups excluding tert-OH is 2. The van der Waals surface area contributed by atoms with Crippen molar-refractivity contribution in [2.75, 3.05) is 32.8 Å². The van der Waals surface area contributed by atoms with Gasteiger partial charge in [-0.25, -0.2) is 0 Å². The van der Waals surface area contributed by atoms with Gasteiger partial charge in [-0.1, -0.05) is 0 Å². The van der Waals surface area contributed by atoms with Gasteiger partial charge in [0.15, 0.2) is 0 Å². The third kappa shape index (κ3) is 3.41. The number of β-amino-alcohol motifs (C(OH)–C–C–N with tert-alkyl or cyclic N) is 1. The topological polar surface area (TPSA) is 82.0 Å². The van der Waals surface area contributed by atoms with Crippen LogP contribution in [0.4, 0.5) is 0 Å². The molecule has 2 unspecified atom stereocenters. The summed E-state index contributed by atoms with van der Waals surface area (Å²) >= 11 is 0. The average molecular weight is 258 g/mol. The summed E-state index contributed by atoms with van der Waals surface area (Å²) in [4.78, 5) is 14.0. The predicted octanol–water partition coefficient (Wildman–Crippen LogP) is -1.29. The Hall–Kier alpha value is -0.690. The molecule has 3 N–H and O–H groups in total. The number of nitrogens with zero attached hydrogens (tertiary/aromatic N) is 1. The Morgan fingerprint density at radius 1 is 1.39 bits per heavy atom. The molecule has 2 atom stereocenters. The second-order valence-electron chi connectivity index (χ2n) is 4.97. The second kappa shape index (κ2) is 6.47. The molecule has 0 aliphatic carbocycles. The van der Waals surface area contributed by atoms with Crippen molar-refractivity contribution >= 4 is 5.91 Å². The second-order valence-corrected chi connectivity index (χ2v) is 4.97. The molecule has 2 aliphatic rings. The summed E-state index contributed by atoms with van der Waals surface area (Å²) in [5.41, 5.74) is 0. The number of piperidine rings is 1. The van der Waals surface area contributed by atoms with Crippen LogP contribution in [0.3, 0.4) is 0 Å². The molecule has 0 aromatic carbocycles. The van der Waals surface area contributed by atoms with Crippen LogP contribution in [0.5, 0.6) is 0 Å². The van der Waals surface area contributed by atoms with Crippen LogP contribution in [0.15, 0.2) is 0 Å². The fourth-order valence-electron chi connectivity index (χ4n) is 2.59. The minimum atomic E-state index is -0.399. The summed E-state index contributed by atoms with van der Waals surface area (Å²) in [5, 5.41) is 21.1. The van der Waals surface area contributed by atoms with E-state index in [0.29, 0.717) is 32.7 Å². The van der Waals surface area contributed by atoms with E-state index in [1.807, 2.05) is 4.90 Å². The van der Waals surface area contributed by atoms with E-state index in [1.54, 1.807) is 0 Å². The highest BCUT2D eigenvalue weighted by atomic mass is 16.5. The van der Waals surface area contributed by atoms with Crippen molar-refractivity contribution in [2.45, 2.75) is 37.5 Å². The molecule has 0 aromatic heterocycles. The number of amides is 1. The number of likely N-dealkylation sites (tertiary alicyclic amines) is 1. The molecule has 104 valence electrons. The lowest BCUT2D eigenvalue weighted by molar-refractivity contribution is -0.136. The molecule has 6 heteroatoms. The molecule has 6 nitrogen and oxygen atoms in total. The first-order valence-corrected chi connectivity index (χ1v) is 6.63. The molecule has 2 fully saturated rings. The first kappa shape index (κ1) is 13.7. The summed E-state index contributed by atoms with van der Waals surface area (Å²) in [7, 11) is 0. The van der Waals surface area contributed by atoms with Gasteiger partial charge in [-0.05, 0) is 19.3 Å². The zero-order valence-corrected chi connectivity index (χ0v) is 10.5. The Morgan fingerprint density at radius 3 is 2.67 bits per heavy atom. The molecule has 0 spiro atoms. The monoisotopic (exact) mass is 258 g/mol. The van der Waals surface area contributed by atoms with Crippen molar-refractivity contribution < 1.29 is 19.7 Å². The van der Waals surface area contributed by atoms with Crippen LogP contribution >= 0.6 is 0 Å². The first-order chi connectivity index (χ1) is 8.70. The maximum Gasteiger partial charge on any atom is 0.239 e. The van der Waals surface area contributed by atoms with Gasteiger partial charge in [0.05, 0.1) is 31.5 Å². The van der Waals surface area contributed by atoms with Crippen LogP contribution in [0, 0.1) is 0 Å². The van der Waals surface area contributed by atoms with E-state index < -0.39 is 6.10 Å². The van der Waals surface area contributed by atoms with Gasteiger partial charge in [0.1, 0.15) is 0 Å². The van der Waals surface area contributed by atoms with Gasteiger partial charge in [0.2, 0.25) is 5.91 Å². The summed E-state index contributed by atoms with van der Waals surface area (Å²) < 4.78 is 5.46. The quantitative estimate of drug-likeness (QED) is 0.584. The van der Waals surface area contributed by atoms with Gasteiger partial charge in [0, 0.05) is 19.6 Å². The number of hydrogen-bond acceptors (Lipinski definition) is 5. The molecule has 2 heterocycles. The van der Waals surface area contributed by atoms with Crippen LogP contribution in [-0.2, 0) is 9.53 Å². The predicted molar refractivity (Wildman–Crippen MR) is 65.1 cm³/mol. The van der Waals surface area contributed by atoms with Crippen molar-refractivity contribution in [2.24, 2.45) is 0 Å². The number of rotatable bonds is 4. The number of carbonyl (C=O) groups excluding carboxylic acids is 1. The SMILES string of the molecule is O=C(C1CC(O)CN1)N1CCC(OCCO)CC1. The van der Waals surface area contributed by atoms with E-state index >= 15 is 0 Å². The third-order valence-corrected chi connectivity index (χ3v) is 3.60. The molecule has 2 saturated heterocycles. The standard InChI is InChI=1S/C12H22N2O4/c15-5-6-18-10-1-3-14(4-2-10)12(17)11-7-9(16)8-13-11/h9-11,13,15-16H,1-8H2. The van der Waals surface area contributed by atoms with Crippen molar-refractivity contribution in [1.29, 1.82) is 0 Å². The summed E-state index contributed by atoms with van der Waals surface area (Å²) in [6.45, 7) is 2.32. The molecule has 1 amide bonds. The van der Waals surface area contributed by atoms with Crippen molar-refractivity contribution in [3.05, 3.63) is 0 Å². The van der Waals surface area contributed by atoms with Gasteiger partial charge in [0.25, 0.3) is 0 Å². The minimum absolute atomic E-state index is 0.0447. The number of ether oxygens (including phenoxy) is 1. The average Bonchev–Trinajstić information content (AvgIpc) is 2.83. The normalized spacial score (nSPS) is 29.8. The lowest BCUT2D eigenvalue weighted by Crippen LogP contribution is -2.48. The molecule has 18 heavy (non-hydrogen) atoms. The molecule has 0 saturated carbocycles. The van der Waals surface area contributed by atoms with Crippen LogP contribution in [-0.4, -0.2) is 72.1 Å². The maximum absolute atomic E-state index is 12.1. The highest BCUT2D eigenvalue weighted by molar-refractivity contribution is 5.82. The highest BCUT2D eigenvalue weighted by Crippen LogP contribution is 2.17. The maximum atomic E-state index is 12.1. The van der Waals surface area contributed by atoms with Gasteiger partial charge in [-0.15, -0.1) is 0 Å². The molecule has 2 aliphatic heterocycles. The van der Waals surface area contributed by atoms with E-state index in [4.69, 9.17) is 9.84 Å². The fraction of sp³-hybridized carbons (Fsp3) is 0.917. The lowest BCUT2D eigenvalue weighted by atomic mass is 10.1. The zero-order valence-electron chi connectivity index (χ0n) is 10.5. The summed E-state index contributed by atoms with van der Waals surface area (Å²) in [6, 6.07) is -0.227. The smallest absolute Gasteiger partial charge is 0.239 e. The molecule has 0 radical (unpaired) electrons. The van der Waals surface area contributed by atoms with Crippen LogP contribution < -0.4 is 5.32 Å². The van der Waals surface area contributed by atoms with Crippen LogP contribution in [0.25, 0.3) is 0 Å². The number of nitrogens with one attached hydrogen (secondary N) is 1. The Balaban J connectivity index is 1.73. The van der Waals surface area contributed by atoms with Crippen molar-refractivity contribution in [1.82, 2.24) is 10.2 Å². The molecule has 2 rings (SSSR count). The summed E-state index contributed by atoms with van der Waals surface area (Å²) in [5.74, 6) is 0.0900. The minimum Gasteiger partial charge on any atom is -0.394 e. The lowest BCUT2D eigenvalue weighted by Gasteiger charge is -2.33. The Labute approximate surface area is 107 Å². The Morgan fingerprint density at radius 2 is 2.11 bits per heavy atom. The van der Waals surface area contributed by atoms with Crippen molar-refractivity contribution in [3.63, 3.8) is 0 Å². The third-order valence-electron chi connectivity index (χ3n) is 3.60. The molecular weight excluding hydrogens is 236 g/mol. The van der Waals surface area contributed by atoms with E-state index in [9.17, 15) is 9.90 Å². The Bertz CT molecular complexity index is 279. The van der Waals surface area contributed by atoms with Gasteiger partial charge < -0.3 is 25.2 Å². The summed E-state index contributed by atoms with van der Waals surface area (Å²) in [6.07, 6.45) is 1.91. The molecule has 0 bridgehead atoms. The van der Waals surface area contributed by atoms with Crippen molar-refractivity contribution in [3.8, 4) is 0 Å². The van der Waals surface area contributed by atoms with Gasteiger partial charge in [-0.2, -0.15) is 0 Å². The van der Waals surface area contributed by atoms with E-state index in [-0.39, 0.29) is 24.7 Å². The number of aliphatic hydroxyl groups is 2. The number of carbonyl (C=O) groups is 1. The first-order valence-electron chi connectivity index (χ1n) is 6.63. The molecular formula is C12H22N2O4. The van der Waals surface area contributed by atoms with Gasteiger partial charge in [-0.3, -0.25) is 4.79 Å². The van der Waals surface area contributed by atoms with Crippen LogP contribution in [0.2, 0.25) is 0 Å². The fourth-order valence-corrected chi connectivity index (χ4v) is 2.59. The van der Waals surface area contributed by atoms with E-state index in [0.717, 1.165) is 12.8 Å². The number of hydrogen-bond donors (Lipinski definition) is 3. The zero-order chi connectivity index (χ0) is 13.0.